The highest BCUT2D eigenvalue weighted by molar-refractivity contribution is 7.92. The fraction of sp³-hybridized carbons (Fsp3) is 0.622. The van der Waals surface area contributed by atoms with E-state index >= 15 is 0 Å². The number of aliphatic hydroxyl groups is 1. The van der Waals surface area contributed by atoms with Crippen molar-refractivity contribution in [1.82, 2.24) is 25.8 Å². The molecule has 2 aromatic rings. The molecule has 50 heavy (non-hydrogen) atoms. The lowest BCUT2D eigenvalue weighted by Gasteiger charge is -2.47. The summed E-state index contributed by atoms with van der Waals surface area (Å²) in [7, 11) is -3.90. The lowest BCUT2D eigenvalue weighted by atomic mass is 9.72. The zero-order valence-corrected chi connectivity index (χ0v) is 31.9. The van der Waals surface area contributed by atoms with Crippen LogP contribution in [-0.4, -0.2) is 95.0 Å². The highest BCUT2D eigenvalue weighted by atomic mass is 35.5. The Kier molecular flexibility index (Phi) is 12.8. The molecule has 0 spiro atoms. The Morgan fingerprint density at radius 3 is 2.26 bits per heavy atom. The Balaban J connectivity index is 1.64. The van der Waals surface area contributed by atoms with Crippen LogP contribution in [0.5, 0.6) is 0 Å². The first-order valence-electron chi connectivity index (χ1n) is 17.5. The molecule has 3 amide bonds. The van der Waals surface area contributed by atoms with Crippen molar-refractivity contribution >= 4 is 39.2 Å². The number of rotatable bonds is 12. The van der Waals surface area contributed by atoms with Crippen molar-refractivity contribution in [3.05, 3.63) is 64.4 Å². The molecule has 2 unspecified atom stereocenters. The van der Waals surface area contributed by atoms with Gasteiger partial charge in [0.25, 0.3) is 5.91 Å². The van der Waals surface area contributed by atoms with Crippen LogP contribution >= 0.6 is 11.6 Å². The summed E-state index contributed by atoms with van der Waals surface area (Å²) < 4.78 is 24.4. The zero-order chi connectivity index (χ0) is 37.0. The summed E-state index contributed by atoms with van der Waals surface area (Å²) in [6.45, 7) is 11.0. The molecule has 1 saturated heterocycles. The molecule has 1 saturated carbocycles. The van der Waals surface area contributed by atoms with E-state index in [4.69, 9.17) is 11.6 Å². The van der Waals surface area contributed by atoms with Gasteiger partial charge in [0.15, 0.2) is 9.84 Å². The van der Waals surface area contributed by atoms with Gasteiger partial charge in [-0.25, -0.2) is 13.4 Å². The normalized spacial score (nSPS) is 22.1. The number of likely N-dealkylation sites (tertiary alicyclic amines) is 1. The van der Waals surface area contributed by atoms with Crippen LogP contribution in [0.3, 0.4) is 0 Å². The molecular weight excluding hydrogens is 678 g/mol. The topological polar surface area (TPSA) is 158 Å². The molecule has 2 aliphatic rings. The maximum atomic E-state index is 14.2. The van der Waals surface area contributed by atoms with Gasteiger partial charge in [-0.3, -0.25) is 19.3 Å². The Labute approximate surface area is 302 Å². The van der Waals surface area contributed by atoms with Crippen molar-refractivity contribution < 1.29 is 27.9 Å². The molecule has 0 bridgehead atoms. The molecular formula is C37H54ClN5O6S. The van der Waals surface area contributed by atoms with Gasteiger partial charge in [-0.05, 0) is 90.3 Å². The average molecular weight is 732 g/mol. The molecule has 13 heteroatoms. The zero-order valence-electron chi connectivity index (χ0n) is 30.3. The van der Waals surface area contributed by atoms with Crippen molar-refractivity contribution in [2.75, 3.05) is 19.3 Å². The first-order valence-corrected chi connectivity index (χ1v) is 19.7. The number of amides is 3. The molecule has 1 aromatic carbocycles. The van der Waals surface area contributed by atoms with Gasteiger partial charge >= 0.3 is 0 Å². The number of pyridine rings is 1. The molecule has 1 aromatic heterocycles. The molecule has 4 rings (SSSR count). The monoisotopic (exact) mass is 731 g/mol. The Morgan fingerprint density at radius 1 is 1.02 bits per heavy atom. The van der Waals surface area contributed by atoms with Crippen LogP contribution in [0.4, 0.5) is 0 Å². The second-order valence-electron chi connectivity index (χ2n) is 15.7. The third-order valence-corrected chi connectivity index (χ3v) is 12.5. The minimum Gasteiger partial charge on any atom is -0.390 e. The van der Waals surface area contributed by atoms with E-state index in [1.165, 1.54) is 26.0 Å². The number of nitrogens with one attached hydrogen (secondary N) is 3. The third kappa shape index (κ3) is 10.3. The van der Waals surface area contributed by atoms with Gasteiger partial charge in [0.05, 0.1) is 22.9 Å². The summed E-state index contributed by atoms with van der Waals surface area (Å²) in [5.74, 6) is -0.691. The van der Waals surface area contributed by atoms with Crippen LogP contribution in [0.2, 0.25) is 5.15 Å². The molecule has 0 radical (unpaired) electrons. The van der Waals surface area contributed by atoms with Crippen molar-refractivity contribution in [1.29, 1.82) is 0 Å². The number of aromatic nitrogens is 1. The number of sulfone groups is 1. The van der Waals surface area contributed by atoms with Gasteiger partial charge in [0.1, 0.15) is 11.2 Å². The van der Waals surface area contributed by atoms with Gasteiger partial charge in [-0.2, -0.15) is 0 Å². The Hall–Kier alpha value is -3.06. The molecule has 6 atom stereocenters. The maximum Gasteiger partial charge on any atom is 0.252 e. The van der Waals surface area contributed by atoms with Crippen LogP contribution in [0.25, 0.3) is 0 Å². The minimum absolute atomic E-state index is 0.0799. The number of fused-ring (bicyclic) bond motifs is 1. The lowest BCUT2D eigenvalue weighted by molar-refractivity contribution is -0.133. The summed E-state index contributed by atoms with van der Waals surface area (Å²) in [4.78, 5) is 47.5. The summed E-state index contributed by atoms with van der Waals surface area (Å²) in [6.07, 6.45) is 5.25. The van der Waals surface area contributed by atoms with Crippen LogP contribution in [-0.2, 0) is 25.8 Å². The molecule has 2 fully saturated rings. The standard InChI is InChI=1S/C37H54ClN5O6S/c1-23-17-27(20-31(38)39-23)33(45)41-32(37(5,6)50(7,48)49)35(47)40-28(18-24-13-9-8-10-14-24)30(44)22-43-21-26-16-12-11-15-25(26)19-29(43)34(46)42-36(2,3)4/h8-10,13-14,17,20,25-26,28-30,32,44H,11-12,15-16,18-19,21-22H2,1-7H3,(H,40,47)(H,41,45)(H,42,46)/t25-,26?,28-,29-,30?,32+/m0/s1. The summed E-state index contributed by atoms with van der Waals surface area (Å²) in [5.41, 5.74) is 1.01. The smallest absolute Gasteiger partial charge is 0.252 e. The van der Waals surface area contributed by atoms with E-state index in [-0.39, 0.29) is 29.6 Å². The quantitative estimate of drug-likeness (QED) is 0.240. The van der Waals surface area contributed by atoms with Crippen molar-refractivity contribution in [2.24, 2.45) is 11.8 Å². The number of carbonyl (C=O) groups is 3. The third-order valence-electron chi connectivity index (χ3n) is 10.2. The number of hydrogen-bond acceptors (Lipinski definition) is 8. The van der Waals surface area contributed by atoms with E-state index in [0.29, 0.717) is 30.5 Å². The van der Waals surface area contributed by atoms with Crippen LogP contribution in [0.1, 0.15) is 88.3 Å². The number of carbonyl (C=O) groups excluding carboxylic acids is 3. The van der Waals surface area contributed by atoms with Gasteiger partial charge in [0.2, 0.25) is 11.8 Å². The van der Waals surface area contributed by atoms with Gasteiger partial charge in [0, 0.05) is 36.1 Å². The predicted octanol–water partition coefficient (Wildman–Crippen LogP) is 3.85. The average Bonchev–Trinajstić information content (AvgIpc) is 3.01. The number of benzene rings is 1. The number of β-amino-alcohol motifs (C(OH)–C–C–N with tert-alkyl or cyclic N) is 1. The van der Waals surface area contributed by atoms with Gasteiger partial charge < -0.3 is 21.1 Å². The van der Waals surface area contributed by atoms with E-state index in [0.717, 1.165) is 37.5 Å². The number of piperidine rings is 1. The first kappa shape index (κ1) is 39.7. The second kappa shape index (κ2) is 16.1. The number of halogens is 1. The number of hydrogen-bond donors (Lipinski definition) is 4. The van der Waals surface area contributed by atoms with E-state index < -0.39 is 56.2 Å². The van der Waals surface area contributed by atoms with Crippen molar-refractivity contribution in [3.8, 4) is 0 Å². The lowest BCUT2D eigenvalue weighted by Crippen LogP contribution is -2.64. The summed E-state index contributed by atoms with van der Waals surface area (Å²) in [6, 6.07) is 9.33. The fourth-order valence-corrected chi connectivity index (χ4v) is 8.00. The Morgan fingerprint density at radius 2 is 1.66 bits per heavy atom. The molecule has 276 valence electrons. The predicted molar refractivity (Wildman–Crippen MR) is 196 cm³/mol. The summed E-state index contributed by atoms with van der Waals surface area (Å²) >= 11 is 6.09. The highest BCUT2D eigenvalue weighted by Gasteiger charge is 2.46. The first-order chi connectivity index (χ1) is 23.2. The van der Waals surface area contributed by atoms with E-state index in [1.54, 1.807) is 6.92 Å². The van der Waals surface area contributed by atoms with Crippen molar-refractivity contribution in [3.63, 3.8) is 0 Å². The van der Waals surface area contributed by atoms with E-state index in [2.05, 4.69) is 25.8 Å². The van der Waals surface area contributed by atoms with Crippen LogP contribution in [0, 0.1) is 18.8 Å². The van der Waals surface area contributed by atoms with Crippen LogP contribution < -0.4 is 16.0 Å². The van der Waals surface area contributed by atoms with Crippen molar-refractivity contribution in [2.45, 2.75) is 115 Å². The van der Waals surface area contributed by atoms with E-state index in [9.17, 15) is 27.9 Å². The molecule has 1 aliphatic carbocycles. The highest BCUT2D eigenvalue weighted by Crippen LogP contribution is 2.39. The number of aryl methyl sites for hydroxylation is 1. The molecule has 2 heterocycles. The maximum absolute atomic E-state index is 14.2. The summed E-state index contributed by atoms with van der Waals surface area (Å²) in [5, 5.41) is 20.7. The minimum atomic E-state index is -3.90. The van der Waals surface area contributed by atoms with Gasteiger partial charge in [-0.15, -0.1) is 0 Å². The molecule has 4 N–H and O–H groups in total. The second-order valence-corrected chi connectivity index (χ2v) is 18.7. The number of aliphatic hydroxyl groups excluding tert-OH is 1. The van der Waals surface area contributed by atoms with E-state index in [1.807, 2.05) is 51.1 Å². The largest absolute Gasteiger partial charge is 0.390 e. The fourth-order valence-electron chi connectivity index (χ4n) is 7.15. The Bertz CT molecular complexity index is 1610. The molecule has 11 nitrogen and oxygen atoms in total. The van der Waals surface area contributed by atoms with Gasteiger partial charge in [-0.1, -0.05) is 61.2 Å². The molecule has 1 aliphatic heterocycles. The van der Waals surface area contributed by atoms with Crippen LogP contribution in [0.15, 0.2) is 42.5 Å². The number of nitrogens with zero attached hydrogens (tertiary/aromatic N) is 2. The SMILES string of the molecule is Cc1cc(C(=O)N[C@H](C(=O)N[C@@H](Cc2ccccc2)C(O)CN2CC3CCCC[C@H]3C[C@H]2C(=O)NC(C)(C)C)C(C)(C)S(C)(=O)=O)cc(Cl)n1.